The predicted molar refractivity (Wildman–Crippen MR) is 61.1 cm³/mol. The molecule has 16 heavy (non-hydrogen) atoms. The van der Waals surface area contributed by atoms with Gasteiger partial charge in [-0.25, -0.2) is 15.1 Å². The van der Waals surface area contributed by atoms with Crippen molar-refractivity contribution in [2.75, 3.05) is 0 Å². The molecule has 3 N–H and O–H groups in total. The van der Waals surface area contributed by atoms with Crippen LogP contribution < -0.4 is 11.3 Å². The molecule has 2 rings (SSSR count). The Morgan fingerprint density at radius 3 is 2.69 bits per heavy atom. The number of nitrogens with one attached hydrogen (secondary N) is 1. The number of aryl methyl sites for hydroxylation is 2. The van der Waals surface area contributed by atoms with E-state index >= 15 is 0 Å². The molecule has 7 nitrogen and oxygen atoms in total. The summed E-state index contributed by atoms with van der Waals surface area (Å²) in [5, 5.41) is 7.85. The van der Waals surface area contributed by atoms with Crippen molar-refractivity contribution in [1.29, 1.82) is 0 Å². The average Bonchev–Trinajstić information content (AvgIpc) is 2.80. The van der Waals surface area contributed by atoms with Gasteiger partial charge in [0.25, 0.3) is 0 Å². The van der Waals surface area contributed by atoms with Crippen molar-refractivity contribution < 1.29 is 0 Å². The number of imidazole rings is 1. The lowest BCUT2D eigenvalue weighted by molar-refractivity contribution is 0.544. The summed E-state index contributed by atoms with van der Waals surface area (Å²) in [7, 11) is 3.72. The van der Waals surface area contributed by atoms with Crippen LogP contribution in [0.15, 0.2) is 17.1 Å². The summed E-state index contributed by atoms with van der Waals surface area (Å²) < 4.78 is 4.23. The zero-order valence-electron chi connectivity index (χ0n) is 8.92. The van der Waals surface area contributed by atoms with Gasteiger partial charge in [-0.2, -0.15) is 0 Å². The second-order valence-corrected chi connectivity index (χ2v) is 4.17. The third-order valence-corrected chi connectivity index (χ3v) is 2.98. The first kappa shape index (κ1) is 11.2. The van der Waals surface area contributed by atoms with E-state index in [0.29, 0.717) is 4.60 Å². The first-order chi connectivity index (χ1) is 7.65. The molecule has 8 heteroatoms. The van der Waals surface area contributed by atoms with Gasteiger partial charge in [-0.1, -0.05) is 5.21 Å². The van der Waals surface area contributed by atoms with E-state index in [0.717, 1.165) is 11.4 Å². The van der Waals surface area contributed by atoms with E-state index in [2.05, 4.69) is 36.7 Å². The maximum absolute atomic E-state index is 5.58. The summed E-state index contributed by atoms with van der Waals surface area (Å²) in [6.07, 6.45) is 3.47. The van der Waals surface area contributed by atoms with Gasteiger partial charge >= 0.3 is 0 Å². The number of hydrogen-bond acceptors (Lipinski definition) is 5. The van der Waals surface area contributed by atoms with E-state index in [4.69, 9.17) is 5.84 Å². The van der Waals surface area contributed by atoms with Gasteiger partial charge in [0, 0.05) is 14.1 Å². The highest BCUT2D eigenvalue weighted by Gasteiger charge is 2.22. The minimum atomic E-state index is -0.207. The van der Waals surface area contributed by atoms with Gasteiger partial charge in [0.15, 0.2) is 4.60 Å². The van der Waals surface area contributed by atoms with E-state index in [1.54, 1.807) is 17.2 Å². The molecule has 0 amide bonds. The van der Waals surface area contributed by atoms with Gasteiger partial charge in [0.05, 0.1) is 23.9 Å². The number of aromatic nitrogens is 5. The minimum Gasteiger partial charge on any atom is -0.336 e. The Hall–Kier alpha value is -1.25. The van der Waals surface area contributed by atoms with Crippen LogP contribution in [-0.4, -0.2) is 24.5 Å². The van der Waals surface area contributed by atoms with Crippen molar-refractivity contribution in [3.8, 4) is 0 Å². The van der Waals surface area contributed by atoms with Crippen molar-refractivity contribution in [3.05, 3.63) is 28.5 Å². The summed E-state index contributed by atoms with van der Waals surface area (Å²) in [5.74, 6) is 5.58. The van der Waals surface area contributed by atoms with Crippen LogP contribution in [0.1, 0.15) is 17.4 Å². The topological polar surface area (TPSA) is 86.6 Å². The van der Waals surface area contributed by atoms with Crippen molar-refractivity contribution in [2.45, 2.75) is 6.04 Å². The van der Waals surface area contributed by atoms with E-state index in [1.807, 2.05) is 18.7 Å². The fourth-order valence-corrected chi connectivity index (χ4v) is 2.15. The lowest BCUT2D eigenvalue weighted by atomic mass is 10.1. The highest BCUT2D eigenvalue weighted by atomic mass is 79.9. The van der Waals surface area contributed by atoms with Crippen LogP contribution in [0, 0.1) is 0 Å². The van der Waals surface area contributed by atoms with Gasteiger partial charge in [-0.05, 0) is 15.9 Å². The Balaban J connectivity index is 2.49. The molecule has 0 aliphatic rings. The summed E-state index contributed by atoms with van der Waals surface area (Å²) in [6, 6.07) is -0.207. The molecule has 0 aliphatic carbocycles. The summed E-state index contributed by atoms with van der Waals surface area (Å²) in [6.45, 7) is 0. The molecule has 0 aliphatic heterocycles. The zero-order chi connectivity index (χ0) is 11.7. The first-order valence-electron chi connectivity index (χ1n) is 4.62. The Morgan fingerprint density at radius 2 is 2.25 bits per heavy atom. The highest BCUT2D eigenvalue weighted by Crippen LogP contribution is 2.25. The van der Waals surface area contributed by atoms with Crippen molar-refractivity contribution in [3.63, 3.8) is 0 Å². The largest absolute Gasteiger partial charge is 0.336 e. The average molecular weight is 286 g/mol. The summed E-state index contributed by atoms with van der Waals surface area (Å²) in [4.78, 5) is 4.06. The molecule has 86 valence electrons. The number of halogens is 1. The smallest absolute Gasteiger partial charge is 0.153 e. The van der Waals surface area contributed by atoms with Gasteiger partial charge in [-0.3, -0.25) is 5.84 Å². The van der Waals surface area contributed by atoms with Crippen LogP contribution in [0.3, 0.4) is 0 Å². The second kappa shape index (κ2) is 4.32. The monoisotopic (exact) mass is 285 g/mol. The van der Waals surface area contributed by atoms with Crippen LogP contribution in [0.25, 0.3) is 0 Å². The SMILES string of the molecule is Cn1cncc1C(NN)c1c(Br)nnn1C. The molecule has 2 heterocycles. The van der Waals surface area contributed by atoms with Gasteiger partial charge in [-0.15, -0.1) is 5.10 Å². The van der Waals surface area contributed by atoms with E-state index in [1.165, 1.54) is 0 Å². The second-order valence-electron chi connectivity index (χ2n) is 3.42. The number of hydrazine groups is 1. The molecule has 2 aromatic heterocycles. The molecule has 0 saturated heterocycles. The summed E-state index contributed by atoms with van der Waals surface area (Å²) >= 11 is 3.35. The molecule has 0 radical (unpaired) electrons. The quantitative estimate of drug-likeness (QED) is 0.606. The van der Waals surface area contributed by atoms with Crippen LogP contribution in [0.2, 0.25) is 0 Å². The third kappa shape index (κ3) is 1.75. The number of nitrogens with zero attached hydrogens (tertiary/aromatic N) is 5. The van der Waals surface area contributed by atoms with Crippen LogP contribution in [-0.2, 0) is 14.1 Å². The van der Waals surface area contributed by atoms with Gasteiger partial charge in [0.2, 0.25) is 0 Å². The Labute approximate surface area is 101 Å². The van der Waals surface area contributed by atoms with Crippen LogP contribution in [0.4, 0.5) is 0 Å². The molecule has 0 aromatic carbocycles. The molecular weight excluding hydrogens is 274 g/mol. The van der Waals surface area contributed by atoms with Gasteiger partial charge < -0.3 is 4.57 Å². The maximum Gasteiger partial charge on any atom is 0.153 e. The minimum absolute atomic E-state index is 0.207. The fraction of sp³-hybridized carbons (Fsp3) is 0.375. The molecule has 0 saturated carbocycles. The number of nitrogens with two attached hydrogens (primary N) is 1. The third-order valence-electron chi connectivity index (χ3n) is 2.42. The van der Waals surface area contributed by atoms with E-state index < -0.39 is 0 Å². The fourth-order valence-electron chi connectivity index (χ4n) is 1.60. The zero-order valence-corrected chi connectivity index (χ0v) is 10.5. The van der Waals surface area contributed by atoms with Crippen molar-refractivity contribution >= 4 is 15.9 Å². The molecule has 2 aromatic rings. The predicted octanol–water partition coefficient (Wildman–Crippen LogP) is -0.136. The number of rotatable bonds is 3. The number of hydrogen-bond donors (Lipinski definition) is 2. The standard InChI is InChI=1S/C8H12BrN7/c1-15-4-11-3-5(15)6(12-10)7-8(9)13-14-16(7)2/h3-4,6,12H,10H2,1-2H3. The van der Waals surface area contributed by atoms with Crippen LogP contribution >= 0.6 is 15.9 Å². The van der Waals surface area contributed by atoms with E-state index in [9.17, 15) is 0 Å². The molecule has 0 spiro atoms. The Morgan fingerprint density at radius 1 is 1.50 bits per heavy atom. The lowest BCUT2D eigenvalue weighted by Gasteiger charge is -2.16. The van der Waals surface area contributed by atoms with E-state index in [-0.39, 0.29) is 6.04 Å². The van der Waals surface area contributed by atoms with Crippen LogP contribution in [0.5, 0.6) is 0 Å². The molecular formula is C8H12BrN7. The molecule has 1 unspecified atom stereocenters. The first-order valence-corrected chi connectivity index (χ1v) is 5.42. The van der Waals surface area contributed by atoms with Crippen molar-refractivity contribution in [2.24, 2.45) is 19.9 Å². The highest BCUT2D eigenvalue weighted by molar-refractivity contribution is 9.10. The van der Waals surface area contributed by atoms with Gasteiger partial charge in [0.1, 0.15) is 6.04 Å². The van der Waals surface area contributed by atoms with Crippen molar-refractivity contribution in [1.82, 2.24) is 30.0 Å². The normalized spacial score (nSPS) is 13.0. The summed E-state index contributed by atoms with van der Waals surface area (Å²) in [5.41, 5.74) is 4.53. The molecule has 0 bridgehead atoms. The molecule has 1 atom stereocenters. The molecule has 0 fully saturated rings. The maximum atomic E-state index is 5.58. The Kier molecular flexibility index (Phi) is 3.03. The Bertz CT molecular complexity index is 469. The lowest BCUT2D eigenvalue weighted by Crippen LogP contribution is -2.31.